The Bertz CT molecular complexity index is 1260. The van der Waals surface area contributed by atoms with E-state index in [9.17, 15) is 14.9 Å². The average molecular weight is 432 g/mol. The summed E-state index contributed by atoms with van der Waals surface area (Å²) in [5.74, 6) is -0.274. The summed E-state index contributed by atoms with van der Waals surface area (Å²) in [6.07, 6.45) is 4.88. The minimum Gasteiger partial charge on any atom is -0.464 e. The van der Waals surface area contributed by atoms with Gasteiger partial charge in [0.15, 0.2) is 18.2 Å². The first-order valence-electron chi connectivity index (χ1n) is 9.77. The van der Waals surface area contributed by atoms with Gasteiger partial charge in [-0.2, -0.15) is 10.2 Å². The average Bonchev–Trinajstić information content (AvgIpc) is 3.42. The van der Waals surface area contributed by atoms with Crippen LogP contribution in [0.1, 0.15) is 21.6 Å². The van der Waals surface area contributed by atoms with Crippen molar-refractivity contribution in [1.29, 1.82) is 0 Å². The van der Waals surface area contributed by atoms with Crippen LogP contribution in [-0.4, -0.2) is 30.4 Å². The molecule has 0 unspecified atom stereocenters. The highest BCUT2D eigenvalue weighted by Gasteiger charge is 2.15. The second-order valence-electron chi connectivity index (χ2n) is 7.11. The molecule has 2 heterocycles. The van der Waals surface area contributed by atoms with Gasteiger partial charge in [0, 0.05) is 18.5 Å². The first-order valence-corrected chi connectivity index (χ1v) is 9.77. The van der Waals surface area contributed by atoms with Crippen LogP contribution in [-0.2, 0) is 13.3 Å². The van der Waals surface area contributed by atoms with Gasteiger partial charge in [-0.1, -0.05) is 42.0 Å². The van der Waals surface area contributed by atoms with Gasteiger partial charge in [0.1, 0.15) is 0 Å². The molecule has 0 aliphatic heterocycles. The van der Waals surface area contributed by atoms with Crippen LogP contribution in [0.5, 0.6) is 5.75 Å². The van der Waals surface area contributed by atoms with Gasteiger partial charge < -0.3 is 10.1 Å². The molecule has 0 aliphatic carbocycles. The zero-order valence-corrected chi connectivity index (χ0v) is 17.2. The van der Waals surface area contributed by atoms with E-state index in [0.29, 0.717) is 12.2 Å². The molecule has 0 saturated heterocycles. The molecule has 0 radical (unpaired) electrons. The molecule has 0 saturated carbocycles. The van der Waals surface area contributed by atoms with E-state index in [4.69, 9.17) is 4.74 Å². The van der Waals surface area contributed by atoms with E-state index < -0.39 is 10.8 Å². The summed E-state index contributed by atoms with van der Waals surface area (Å²) in [7, 11) is 0. The fraction of sp³-hybridized carbons (Fsp3) is 0.136. The number of carbonyl (C=O) groups is 1. The molecule has 0 aliphatic rings. The van der Waals surface area contributed by atoms with Gasteiger partial charge in [0.05, 0.1) is 23.4 Å². The van der Waals surface area contributed by atoms with Crippen LogP contribution >= 0.6 is 0 Å². The maximum atomic E-state index is 12.5. The second kappa shape index (κ2) is 9.13. The summed E-state index contributed by atoms with van der Waals surface area (Å²) in [6, 6.07) is 15.7. The van der Waals surface area contributed by atoms with Crippen LogP contribution in [0.25, 0.3) is 0 Å². The number of hydrogen-bond acceptors (Lipinski definition) is 6. The fourth-order valence-corrected chi connectivity index (χ4v) is 3.13. The number of aromatic nitrogens is 4. The summed E-state index contributed by atoms with van der Waals surface area (Å²) in [4.78, 5) is 23.0. The first-order chi connectivity index (χ1) is 15.5. The lowest BCUT2D eigenvalue weighted by Crippen LogP contribution is -2.14. The van der Waals surface area contributed by atoms with E-state index >= 15 is 0 Å². The van der Waals surface area contributed by atoms with Gasteiger partial charge in [0.25, 0.3) is 5.91 Å². The number of nitro groups is 1. The normalized spacial score (nSPS) is 10.7. The standard InChI is InChI=1S/C22H20N6O4/c1-16-5-4-6-17(11-16)13-27-14-18(12-23-27)24-22(29)19-9-10-26(25-19)15-32-21-8-3-2-7-20(21)28(30)31/h2-12,14H,13,15H2,1H3,(H,24,29). The van der Waals surface area contributed by atoms with Gasteiger partial charge in [-0.3, -0.25) is 19.6 Å². The Balaban J connectivity index is 1.35. The molecule has 1 amide bonds. The summed E-state index contributed by atoms with van der Waals surface area (Å²) < 4.78 is 8.60. The van der Waals surface area contributed by atoms with E-state index in [0.717, 1.165) is 5.56 Å². The van der Waals surface area contributed by atoms with Crippen LogP contribution in [0.15, 0.2) is 73.2 Å². The molecule has 0 spiro atoms. The van der Waals surface area contributed by atoms with E-state index in [1.165, 1.54) is 28.4 Å². The van der Waals surface area contributed by atoms with Crippen LogP contribution in [0.2, 0.25) is 0 Å². The summed E-state index contributed by atoms with van der Waals surface area (Å²) in [5.41, 5.74) is 2.88. The Morgan fingerprint density at radius 3 is 2.81 bits per heavy atom. The molecule has 2 aromatic heterocycles. The quantitative estimate of drug-likeness (QED) is 0.336. The van der Waals surface area contributed by atoms with E-state index in [1.54, 1.807) is 35.4 Å². The van der Waals surface area contributed by atoms with Gasteiger partial charge in [-0.15, -0.1) is 0 Å². The number of ether oxygens (including phenoxy) is 1. The highest BCUT2D eigenvalue weighted by molar-refractivity contribution is 6.02. The summed E-state index contributed by atoms with van der Waals surface area (Å²) >= 11 is 0. The zero-order chi connectivity index (χ0) is 22.5. The lowest BCUT2D eigenvalue weighted by atomic mass is 10.1. The Labute approximate surface area is 183 Å². The number of anilines is 1. The van der Waals surface area contributed by atoms with Crippen LogP contribution in [0.3, 0.4) is 0 Å². The Morgan fingerprint density at radius 1 is 1.16 bits per heavy atom. The first kappa shape index (κ1) is 20.8. The minimum atomic E-state index is -0.517. The third-order valence-corrected chi connectivity index (χ3v) is 4.61. The molecule has 2 aromatic carbocycles. The number of nitrogens with one attached hydrogen (secondary N) is 1. The van der Waals surface area contributed by atoms with Gasteiger partial charge in [-0.05, 0) is 24.6 Å². The second-order valence-corrected chi connectivity index (χ2v) is 7.11. The van der Waals surface area contributed by atoms with E-state index in [1.807, 2.05) is 25.1 Å². The van der Waals surface area contributed by atoms with Crippen molar-refractivity contribution in [2.45, 2.75) is 20.2 Å². The lowest BCUT2D eigenvalue weighted by Gasteiger charge is -2.06. The number of carbonyl (C=O) groups excluding carboxylic acids is 1. The lowest BCUT2D eigenvalue weighted by molar-refractivity contribution is -0.386. The number of hydrogen-bond donors (Lipinski definition) is 1. The molecule has 4 rings (SSSR count). The molecular weight excluding hydrogens is 412 g/mol. The van der Waals surface area contributed by atoms with Crippen molar-refractivity contribution in [3.05, 3.63) is 100 Å². The molecule has 0 bridgehead atoms. The molecule has 162 valence electrons. The third kappa shape index (κ3) is 4.98. The van der Waals surface area contributed by atoms with Crippen LogP contribution in [0, 0.1) is 17.0 Å². The SMILES string of the molecule is Cc1cccc(Cn2cc(NC(=O)c3ccn(COc4ccccc4[N+](=O)[O-])n3)cn2)c1. The van der Waals surface area contributed by atoms with Crippen LogP contribution in [0.4, 0.5) is 11.4 Å². The van der Waals surface area contributed by atoms with Gasteiger partial charge in [0.2, 0.25) is 0 Å². The van der Waals surface area contributed by atoms with Crippen molar-refractivity contribution in [3.8, 4) is 5.75 Å². The van der Waals surface area contributed by atoms with Gasteiger partial charge in [-0.25, -0.2) is 4.68 Å². The maximum Gasteiger partial charge on any atom is 0.311 e. The molecule has 0 fully saturated rings. The molecule has 4 aromatic rings. The fourth-order valence-electron chi connectivity index (χ4n) is 3.13. The number of rotatable bonds is 8. The smallest absolute Gasteiger partial charge is 0.311 e. The van der Waals surface area contributed by atoms with E-state index in [2.05, 4.69) is 21.6 Å². The Hall–Kier alpha value is -4.47. The van der Waals surface area contributed by atoms with Crippen molar-refractivity contribution < 1.29 is 14.5 Å². The van der Waals surface area contributed by atoms with Crippen molar-refractivity contribution >= 4 is 17.3 Å². The Morgan fingerprint density at radius 2 is 2.00 bits per heavy atom. The summed E-state index contributed by atoms with van der Waals surface area (Å²) in [6.45, 7) is 2.55. The summed E-state index contributed by atoms with van der Waals surface area (Å²) in [5, 5.41) is 22.3. The molecule has 10 nitrogen and oxygen atoms in total. The monoisotopic (exact) mass is 432 g/mol. The third-order valence-electron chi connectivity index (χ3n) is 4.61. The molecule has 10 heteroatoms. The van der Waals surface area contributed by atoms with Crippen LogP contribution < -0.4 is 10.1 Å². The number of nitrogens with zero attached hydrogens (tertiary/aromatic N) is 5. The highest BCUT2D eigenvalue weighted by atomic mass is 16.6. The number of amides is 1. The largest absolute Gasteiger partial charge is 0.464 e. The topological polar surface area (TPSA) is 117 Å². The number of benzene rings is 2. The predicted molar refractivity (Wildman–Crippen MR) is 116 cm³/mol. The maximum absolute atomic E-state index is 12.5. The van der Waals surface area contributed by atoms with Crippen molar-refractivity contribution in [2.75, 3.05) is 5.32 Å². The molecule has 32 heavy (non-hydrogen) atoms. The highest BCUT2D eigenvalue weighted by Crippen LogP contribution is 2.26. The molecular formula is C22H20N6O4. The van der Waals surface area contributed by atoms with E-state index in [-0.39, 0.29) is 23.9 Å². The minimum absolute atomic E-state index is 0.0768. The van der Waals surface area contributed by atoms with Gasteiger partial charge >= 0.3 is 5.69 Å². The number of para-hydroxylation sites is 2. The Kier molecular flexibility index (Phi) is 5.93. The van der Waals surface area contributed by atoms with Crippen molar-refractivity contribution in [1.82, 2.24) is 19.6 Å². The zero-order valence-electron chi connectivity index (χ0n) is 17.2. The number of nitro benzene ring substituents is 1. The molecule has 0 atom stereocenters. The molecule has 1 N–H and O–H groups in total. The predicted octanol–water partition coefficient (Wildman–Crippen LogP) is 3.63. The van der Waals surface area contributed by atoms with Crippen molar-refractivity contribution in [3.63, 3.8) is 0 Å². The van der Waals surface area contributed by atoms with Crippen molar-refractivity contribution in [2.24, 2.45) is 0 Å². The number of aryl methyl sites for hydroxylation is 1.